The number of nitrogens with zero attached hydrogens (tertiary/aromatic N) is 2. The van der Waals surface area contributed by atoms with Crippen molar-refractivity contribution in [3.05, 3.63) is 5.01 Å². The van der Waals surface area contributed by atoms with E-state index in [2.05, 4.69) is 15.5 Å². The van der Waals surface area contributed by atoms with E-state index >= 15 is 0 Å². The van der Waals surface area contributed by atoms with Crippen LogP contribution in [0.4, 0.5) is 13.9 Å². The number of nitrogens with one attached hydrogen (secondary N) is 1. The SMILES string of the molecule is CC1(C(=O)Nc2nnc(C(F)F)s2)CC1(Cl)Cl. The van der Waals surface area contributed by atoms with Gasteiger partial charge in [-0.25, -0.2) is 8.78 Å². The first kappa shape index (κ1) is 12.9. The molecule has 17 heavy (non-hydrogen) atoms. The Balaban J connectivity index is 2.04. The molecule has 1 fully saturated rings. The molecule has 0 aliphatic heterocycles. The van der Waals surface area contributed by atoms with E-state index in [1.165, 1.54) is 0 Å². The van der Waals surface area contributed by atoms with Gasteiger partial charge in [0.1, 0.15) is 4.33 Å². The van der Waals surface area contributed by atoms with Crippen LogP contribution < -0.4 is 5.32 Å². The summed E-state index contributed by atoms with van der Waals surface area (Å²) in [7, 11) is 0. The minimum absolute atomic E-state index is 0.0163. The number of carbonyl (C=O) groups excluding carboxylic acids is 1. The highest BCUT2D eigenvalue weighted by atomic mass is 35.5. The smallest absolute Gasteiger partial charge is 0.291 e. The first-order chi connectivity index (χ1) is 7.76. The largest absolute Gasteiger partial charge is 0.300 e. The molecular weight excluding hydrogens is 295 g/mol. The lowest BCUT2D eigenvalue weighted by Gasteiger charge is -2.09. The Kier molecular flexibility index (Phi) is 3.04. The molecule has 1 aromatic rings. The molecular formula is C8H7Cl2F2N3OS. The average Bonchev–Trinajstić information content (AvgIpc) is 2.63. The van der Waals surface area contributed by atoms with E-state index < -0.39 is 27.1 Å². The van der Waals surface area contributed by atoms with Crippen molar-refractivity contribution in [2.45, 2.75) is 24.1 Å². The summed E-state index contributed by atoms with van der Waals surface area (Å²) in [5, 5.41) is 8.64. The molecule has 0 aromatic carbocycles. The molecule has 1 atom stereocenters. The van der Waals surface area contributed by atoms with Gasteiger partial charge in [0, 0.05) is 0 Å². The summed E-state index contributed by atoms with van der Waals surface area (Å²) in [5.74, 6) is -0.445. The van der Waals surface area contributed by atoms with E-state index in [0.717, 1.165) is 0 Å². The van der Waals surface area contributed by atoms with Crippen LogP contribution in [0.5, 0.6) is 0 Å². The number of aromatic nitrogens is 2. The van der Waals surface area contributed by atoms with Gasteiger partial charge < -0.3 is 0 Å². The molecule has 1 N–H and O–H groups in total. The molecule has 1 heterocycles. The van der Waals surface area contributed by atoms with Crippen molar-refractivity contribution in [3.8, 4) is 0 Å². The van der Waals surface area contributed by atoms with Crippen LogP contribution in [-0.4, -0.2) is 20.4 Å². The maximum absolute atomic E-state index is 12.2. The summed E-state index contributed by atoms with van der Waals surface area (Å²) in [6, 6.07) is 0. The number of halogens is 4. The second kappa shape index (κ2) is 4.00. The minimum atomic E-state index is -2.70. The third-order valence-corrected chi connectivity index (χ3v) is 4.55. The molecule has 1 aliphatic carbocycles. The Morgan fingerprint density at radius 1 is 1.53 bits per heavy atom. The van der Waals surface area contributed by atoms with Crippen LogP contribution in [0.25, 0.3) is 0 Å². The Morgan fingerprint density at radius 2 is 2.12 bits per heavy atom. The first-order valence-corrected chi connectivity index (χ1v) is 6.14. The van der Waals surface area contributed by atoms with Crippen LogP contribution in [0.1, 0.15) is 24.8 Å². The molecule has 1 unspecified atom stereocenters. The summed E-state index contributed by atoms with van der Waals surface area (Å²) >= 11 is 12.3. The van der Waals surface area contributed by atoms with Gasteiger partial charge in [-0.1, -0.05) is 11.3 Å². The van der Waals surface area contributed by atoms with Gasteiger partial charge in [0.15, 0.2) is 5.01 Å². The lowest BCUT2D eigenvalue weighted by Crippen LogP contribution is -2.25. The van der Waals surface area contributed by atoms with E-state index in [4.69, 9.17) is 23.2 Å². The summed E-state index contributed by atoms with van der Waals surface area (Å²) in [6.07, 6.45) is -2.38. The van der Waals surface area contributed by atoms with Crippen LogP contribution in [0, 0.1) is 5.41 Å². The molecule has 0 bridgehead atoms. The fourth-order valence-corrected chi connectivity index (χ4v) is 2.55. The van der Waals surface area contributed by atoms with Gasteiger partial charge in [-0.05, 0) is 13.3 Å². The lowest BCUT2D eigenvalue weighted by atomic mass is 10.1. The highest BCUT2D eigenvalue weighted by molar-refractivity contribution is 7.15. The molecule has 2 rings (SSSR count). The number of hydrogen-bond acceptors (Lipinski definition) is 4. The number of alkyl halides is 4. The van der Waals surface area contributed by atoms with Gasteiger partial charge in [0.05, 0.1) is 5.41 Å². The Bertz CT molecular complexity index is 467. The predicted octanol–water partition coefficient (Wildman–Crippen LogP) is 3.00. The molecule has 1 saturated carbocycles. The normalized spacial score (nSPS) is 26.0. The second-order valence-electron chi connectivity index (χ2n) is 3.91. The van der Waals surface area contributed by atoms with Gasteiger partial charge in [-0.3, -0.25) is 10.1 Å². The Hall–Kier alpha value is -0.530. The molecule has 9 heteroatoms. The third-order valence-electron chi connectivity index (χ3n) is 2.61. The van der Waals surface area contributed by atoms with E-state index in [9.17, 15) is 13.6 Å². The maximum Gasteiger partial charge on any atom is 0.291 e. The van der Waals surface area contributed by atoms with Gasteiger partial charge in [-0.2, -0.15) is 0 Å². The van der Waals surface area contributed by atoms with Crippen molar-refractivity contribution < 1.29 is 13.6 Å². The molecule has 0 saturated heterocycles. The fraction of sp³-hybridized carbons (Fsp3) is 0.625. The molecule has 0 spiro atoms. The minimum Gasteiger partial charge on any atom is -0.300 e. The number of carbonyl (C=O) groups is 1. The van der Waals surface area contributed by atoms with E-state index in [0.29, 0.717) is 17.8 Å². The zero-order valence-corrected chi connectivity index (χ0v) is 10.8. The molecule has 0 radical (unpaired) electrons. The van der Waals surface area contributed by atoms with Gasteiger partial charge in [0.25, 0.3) is 6.43 Å². The first-order valence-electron chi connectivity index (χ1n) is 4.57. The molecule has 4 nitrogen and oxygen atoms in total. The monoisotopic (exact) mass is 301 g/mol. The Morgan fingerprint density at radius 3 is 2.53 bits per heavy atom. The number of hydrogen-bond donors (Lipinski definition) is 1. The van der Waals surface area contributed by atoms with Crippen LogP contribution >= 0.6 is 34.5 Å². The van der Waals surface area contributed by atoms with Crippen LogP contribution in [0.3, 0.4) is 0 Å². The summed E-state index contributed by atoms with van der Waals surface area (Å²) in [4.78, 5) is 11.8. The van der Waals surface area contributed by atoms with Crippen LogP contribution in [0.15, 0.2) is 0 Å². The molecule has 1 aliphatic rings. The number of amides is 1. The number of anilines is 1. The zero-order valence-electron chi connectivity index (χ0n) is 8.51. The van der Waals surface area contributed by atoms with Gasteiger partial charge >= 0.3 is 0 Å². The van der Waals surface area contributed by atoms with Crippen molar-refractivity contribution in [2.24, 2.45) is 5.41 Å². The highest BCUT2D eigenvalue weighted by Crippen LogP contribution is 2.64. The van der Waals surface area contributed by atoms with E-state index in [1.54, 1.807) is 6.92 Å². The van der Waals surface area contributed by atoms with Crippen molar-refractivity contribution in [3.63, 3.8) is 0 Å². The van der Waals surface area contributed by atoms with E-state index in [-0.39, 0.29) is 5.13 Å². The molecule has 1 aromatic heterocycles. The standard InChI is InChI=1S/C8H7Cl2F2N3OS/c1-7(2-8(7,9)10)5(16)13-6-15-14-4(17-6)3(11)12/h3H,2H2,1H3,(H,13,15,16). The van der Waals surface area contributed by atoms with Crippen molar-refractivity contribution in [1.29, 1.82) is 0 Å². The quantitative estimate of drug-likeness (QED) is 0.873. The Labute approximate surface area is 109 Å². The van der Waals surface area contributed by atoms with E-state index in [1.807, 2.05) is 0 Å². The van der Waals surface area contributed by atoms with Crippen LogP contribution in [-0.2, 0) is 4.79 Å². The van der Waals surface area contributed by atoms with Crippen LogP contribution in [0.2, 0.25) is 0 Å². The molecule has 94 valence electrons. The van der Waals surface area contributed by atoms with Gasteiger partial charge in [0.2, 0.25) is 11.0 Å². The van der Waals surface area contributed by atoms with Crippen molar-refractivity contribution in [2.75, 3.05) is 5.32 Å². The summed E-state index contributed by atoms with van der Waals surface area (Å²) < 4.78 is 23.4. The average molecular weight is 302 g/mol. The van der Waals surface area contributed by atoms with Crippen molar-refractivity contribution >= 4 is 45.6 Å². The topological polar surface area (TPSA) is 54.9 Å². The summed E-state index contributed by atoms with van der Waals surface area (Å²) in [6.45, 7) is 1.59. The second-order valence-corrected chi connectivity index (χ2v) is 6.41. The highest BCUT2D eigenvalue weighted by Gasteiger charge is 2.68. The lowest BCUT2D eigenvalue weighted by molar-refractivity contribution is -0.120. The third kappa shape index (κ3) is 2.23. The zero-order chi connectivity index (χ0) is 12.8. The summed E-state index contributed by atoms with van der Waals surface area (Å²) in [5.41, 5.74) is -0.910. The maximum atomic E-state index is 12.2. The molecule has 1 amide bonds. The predicted molar refractivity (Wildman–Crippen MR) is 60.7 cm³/mol. The van der Waals surface area contributed by atoms with Gasteiger partial charge in [-0.15, -0.1) is 33.4 Å². The fourth-order valence-electron chi connectivity index (χ4n) is 1.25. The van der Waals surface area contributed by atoms with Crippen molar-refractivity contribution in [1.82, 2.24) is 10.2 Å². The number of rotatable bonds is 3.